The maximum Gasteiger partial charge on any atom is 0.479 e. The lowest BCUT2D eigenvalue weighted by Crippen LogP contribution is -2.36. The molecule has 12 heteroatoms. The van der Waals surface area contributed by atoms with Gasteiger partial charge in [-0.2, -0.15) is 0 Å². The number of fused-ring (bicyclic) bond motifs is 1. The smallest absolute Gasteiger partial charge is 0.455 e. The zero-order chi connectivity index (χ0) is 26.9. The van der Waals surface area contributed by atoms with Crippen molar-refractivity contribution in [3.05, 3.63) is 53.3 Å². The molecular weight excluding hydrogens is 502 g/mol. The molecule has 0 spiro atoms. The molecule has 1 fully saturated rings. The van der Waals surface area contributed by atoms with E-state index in [2.05, 4.69) is 5.32 Å². The Hall–Kier alpha value is -2.93. The first-order valence-electron chi connectivity index (χ1n) is 12.0. The second-order valence-electron chi connectivity index (χ2n) is 9.49. The molecule has 0 aliphatic heterocycles. The van der Waals surface area contributed by atoms with Gasteiger partial charge in [-0.1, -0.05) is 6.92 Å². The lowest BCUT2D eigenvalue weighted by Gasteiger charge is -2.28. The van der Waals surface area contributed by atoms with Crippen LogP contribution in [0.3, 0.4) is 0 Å². The van der Waals surface area contributed by atoms with Crippen molar-refractivity contribution in [2.24, 2.45) is 5.92 Å². The number of benzene rings is 2. The monoisotopic (exact) mass is 532 g/mol. The standard InChI is InChI=1S/C25H30BFN2O7S/c1-15(13-35-14-26(31)32)12-29(37(3,33)34)21-11-22-20(10-19(21)16-4-5-16)23(25(30)28-2)24(36-22)17-6-8-18(27)9-7-17/h6-11,15-16,31-32H,4-5,12-14H2,1-3H3,(H,28,30)/t15-/m0/s1. The van der Waals surface area contributed by atoms with E-state index in [4.69, 9.17) is 19.2 Å². The molecule has 1 aliphatic carbocycles. The van der Waals surface area contributed by atoms with Gasteiger partial charge in [0.1, 0.15) is 17.2 Å². The van der Waals surface area contributed by atoms with Crippen molar-refractivity contribution < 1.29 is 36.8 Å². The number of ether oxygens (including phenoxy) is 1. The topological polar surface area (TPSA) is 129 Å². The van der Waals surface area contributed by atoms with Gasteiger partial charge in [0.05, 0.1) is 30.6 Å². The zero-order valence-electron chi connectivity index (χ0n) is 20.9. The van der Waals surface area contributed by atoms with E-state index in [9.17, 15) is 17.6 Å². The van der Waals surface area contributed by atoms with Crippen LogP contribution in [0, 0.1) is 11.7 Å². The van der Waals surface area contributed by atoms with E-state index in [-0.39, 0.29) is 43.2 Å². The quantitative estimate of drug-likeness (QED) is 0.324. The third-order valence-corrected chi connectivity index (χ3v) is 7.38. The fourth-order valence-electron chi connectivity index (χ4n) is 4.36. The predicted octanol–water partition coefficient (Wildman–Crippen LogP) is 2.91. The summed E-state index contributed by atoms with van der Waals surface area (Å²) in [6, 6.07) is 9.08. The van der Waals surface area contributed by atoms with Gasteiger partial charge in [-0.05, 0) is 60.6 Å². The van der Waals surface area contributed by atoms with Crippen molar-refractivity contribution >= 4 is 39.7 Å². The largest absolute Gasteiger partial charge is 0.479 e. The minimum atomic E-state index is -3.72. The molecule has 0 saturated heterocycles. The molecule has 1 aromatic heterocycles. The number of carbonyl (C=O) groups excluding carboxylic acids is 1. The second kappa shape index (κ2) is 10.8. The van der Waals surface area contributed by atoms with Gasteiger partial charge in [0, 0.05) is 30.6 Å². The van der Waals surface area contributed by atoms with Gasteiger partial charge in [0.25, 0.3) is 5.91 Å². The molecule has 1 atom stereocenters. The van der Waals surface area contributed by atoms with Crippen LogP contribution < -0.4 is 9.62 Å². The first-order valence-corrected chi connectivity index (χ1v) is 13.8. The SMILES string of the molecule is CNC(=O)c1c(-c2ccc(F)cc2)oc2cc(N(C[C@H](C)COCB(O)O)S(C)(=O)=O)c(C3CC3)cc12. The average molecular weight is 532 g/mol. The summed E-state index contributed by atoms with van der Waals surface area (Å²) in [7, 11) is -3.81. The maximum atomic E-state index is 13.5. The highest BCUT2D eigenvalue weighted by atomic mass is 32.2. The maximum absolute atomic E-state index is 13.5. The number of hydrogen-bond donors (Lipinski definition) is 3. The number of halogens is 1. The van der Waals surface area contributed by atoms with E-state index < -0.39 is 23.0 Å². The first-order chi connectivity index (χ1) is 17.5. The van der Waals surface area contributed by atoms with Gasteiger partial charge >= 0.3 is 7.12 Å². The first kappa shape index (κ1) is 27.1. The van der Waals surface area contributed by atoms with Crippen LogP contribution >= 0.6 is 0 Å². The van der Waals surface area contributed by atoms with Crippen molar-refractivity contribution in [2.45, 2.75) is 25.7 Å². The summed E-state index contributed by atoms with van der Waals surface area (Å²) in [5, 5.41) is 21.2. The number of carbonyl (C=O) groups is 1. The lowest BCUT2D eigenvalue weighted by molar-refractivity contribution is 0.0964. The van der Waals surface area contributed by atoms with E-state index >= 15 is 0 Å². The van der Waals surface area contributed by atoms with Crippen molar-refractivity contribution in [1.29, 1.82) is 0 Å². The van der Waals surface area contributed by atoms with Crippen LogP contribution in [0.15, 0.2) is 40.8 Å². The van der Waals surface area contributed by atoms with Gasteiger partial charge in [-0.15, -0.1) is 0 Å². The highest BCUT2D eigenvalue weighted by Gasteiger charge is 2.33. The van der Waals surface area contributed by atoms with E-state index in [0.717, 1.165) is 24.7 Å². The third-order valence-electron chi connectivity index (χ3n) is 6.23. The Morgan fingerprint density at radius 2 is 1.95 bits per heavy atom. The summed E-state index contributed by atoms with van der Waals surface area (Å²) in [6.07, 6.45) is 2.91. The molecule has 3 N–H and O–H groups in total. The summed E-state index contributed by atoms with van der Waals surface area (Å²) in [5.41, 5.74) is 2.41. The Kier molecular flexibility index (Phi) is 7.93. The number of furan rings is 1. The van der Waals surface area contributed by atoms with Crippen LogP contribution in [-0.2, 0) is 14.8 Å². The normalized spacial score (nSPS) is 14.5. The fourth-order valence-corrected chi connectivity index (χ4v) is 5.40. The van der Waals surface area contributed by atoms with Gasteiger partial charge in [-0.25, -0.2) is 12.8 Å². The Labute approximate surface area is 215 Å². The number of nitrogens with zero attached hydrogens (tertiary/aromatic N) is 1. The van der Waals surface area contributed by atoms with Crippen LogP contribution in [0.25, 0.3) is 22.3 Å². The predicted molar refractivity (Wildman–Crippen MR) is 139 cm³/mol. The van der Waals surface area contributed by atoms with Crippen molar-refractivity contribution in [1.82, 2.24) is 5.32 Å². The van der Waals surface area contributed by atoms with Crippen LogP contribution in [0.2, 0.25) is 0 Å². The molecule has 2 aromatic carbocycles. The molecule has 0 unspecified atom stereocenters. The Morgan fingerprint density at radius 3 is 2.51 bits per heavy atom. The molecule has 0 radical (unpaired) electrons. The van der Waals surface area contributed by atoms with E-state index in [0.29, 0.717) is 27.8 Å². The average Bonchev–Trinajstić information content (AvgIpc) is 3.61. The van der Waals surface area contributed by atoms with Crippen molar-refractivity contribution in [3.8, 4) is 11.3 Å². The lowest BCUT2D eigenvalue weighted by atomic mass is 9.95. The van der Waals surface area contributed by atoms with Crippen molar-refractivity contribution in [2.75, 3.05) is 37.3 Å². The van der Waals surface area contributed by atoms with Crippen LogP contribution in [-0.4, -0.2) is 64.5 Å². The van der Waals surface area contributed by atoms with Crippen LogP contribution in [0.4, 0.5) is 10.1 Å². The Bertz CT molecular complexity index is 1390. The van der Waals surface area contributed by atoms with Crippen molar-refractivity contribution in [3.63, 3.8) is 0 Å². The minimum Gasteiger partial charge on any atom is -0.455 e. The Morgan fingerprint density at radius 1 is 1.27 bits per heavy atom. The second-order valence-corrected chi connectivity index (χ2v) is 11.4. The van der Waals surface area contributed by atoms with Gasteiger partial charge < -0.3 is 24.5 Å². The molecular formula is C25H30BFN2O7S. The highest BCUT2D eigenvalue weighted by molar-refractivity contribution is 7.92. The molecule has 1 amide bonds. The summed E-state index contributed by atoms with van der Waals surface area (Å²) in [4.78, 5) is 12.9. The molecule has 4 rings (SSSR count). The van der Waals surface area contributed by atoms with Crippen LogP contribution in [0.5, 0.6) is 0 Å². The fraction of sp³-hybridized carbons (Fsp3) is 0.400. The molecule has 198 valence electrons. The van der Waals surface area contributed by atoms with Gasteiger partial charge in [0.15, 0.2) is 0 Å². The molecule has 1 heterocycles. The molecule has 3 aromatic rings. The number of amides is 1. The summed E-state index contributed by atoms with van der Waals surface area (Å²) < 4.78 is 52.1. The Balaban J connectivity index is 1.83. The van der Waals surface area contributed by atoms with E-state index in [1.54, 1.807) is 13.0 Å². The zero-order valence-corrected chi connectivity index (χ0v) is 21.7. The van der Waals surface area contributed by atoms with E-state index in [1.807, 2.05) is 6.07 Å². The summed E-state index contributed by atoms with van der Waals surface area (Å²) >= 11 is 0. The van der Waals surface area contributed by atoms with Gasteiger partial charge in [0.2, 0.25) is 10.0 Å². The van der Waals surface area contributed by atoms with Gasteiger partial charge in [-0.3, -0.25) is 9.10 Å². The minimum absolute atomic E-state index is 0.0966. The molecule has 37 heavy (non-hydrogen) atoms. The number of sulfonamides is 1. The third kappa shape index (κ3) is 6.15. The summed E-state index contributed by atoms with van der Waals surface area (Å²) in [5.74, 6) is -0.645. The number of anilines is 1. The number of rotatable bonds is 11. The molecule has 0 bridgehead atoms. The molecule has 1 saturated carbocycles. The van der Waals surface area contributed by atoms with Crippen LogP contribution in [0.1, 0.15) is 41.6 Å². The highest BCUT2D eigenvalue weighted by Crippen LogP contribution is 2.48. The van der Waals surface area contributed by atoms with E-state index in [1.165, 1.54) is 35.6 Å². The molecule has 9 nitrogen and oxygen atoms in total. The molecule has 1 aliphatic rings. The number of nitrogens with one attached hydrogen (secondary N) is 1. The summed E-state index contributed by atoms with van der Waals surface area (Å²) in [6.45, 7) is 1.75. The number of hydrogen-bond acceptors (Lipinski definition) is 7.